The van der Waals surface area contributed by atoms with Gasteiger partial charge in [0, 0.05) is 5.92 Å². The second-order valence-electron chi connectivity index (χ2n) is 3.84. The smallest absolute Gasteiger partial charge is 0.168 e. The molecule has 0 saturated heterocycles. The van der Waals surface area contributed by atoms with E-state index in [-0.39, 0.29) is 0 Å². The van der Waals surface area contributed by atoms with Gasteiger partial charge < -0.3 is 4.74 Å². The summed E-state index contributed by atoms with van der Waals surface area (Å²) >= 11 is 0. The Morgan fingerprint density at radius 1 is 1.20 bits per heavy atom. The van der Waals surface area contributed by atoms with E-state index in [0.29, 0.717) is 5.92 Å². The van der Waals surface area contributed by atoms with Crippen LogP contribution in [0.25, 0.3) is 0 Å². The number of hydrogen-bond acceptors (Lipinski definition) is 2. The highest BCUT2D eigenvalue weighted by Gasteiger charge is 2.28. The molecule has 1 fully saturated rings. The van der Waals surface area contributed by atoms with Crippen LogP contribution in [-0.4, -0.2) is 10.2 Å². The van der Waals surface area contributed by atoms with E-state index >= 15 is 0 Å². The van der Waals surface area contributed by atoms with Crippen molar-refractivity contribution in [3.8, 4) is 11.5 Å². The molecule has 1 saturated carbocycles. The molecule has 0 atom stereocenters. The van der Waals surface area contributed by atoms with Crippen molar-refractivity contribution in [2.75, 3.05) is 0 Å². The number of para-hydroxylation sites is 1. The highest BCUT2D eigenvalue weighted by Crippen LogP contribution is 2.43. The summed E-state index contributed by atoms with van der Waals surface area (Å²) in [5.41, 5.74) is 1.14. The Bertz CT molecular complexity index is 446. The molecule has 3 nitrogen and oxygen atoms in total. The molecule has 0 aliphatic heterocycles. The van der Waals surface area contributed by atoms with Gasteiger partial charge in [-0.05, 0) is 25.0 Å². The molecule has 3 rings (SSSR count). The molecule has 0 amide bonds. The molecule has 15 heavy (non-hydrogen) atoms. The maximum Gasteiger partial charge on any atom is 0.168 e. The average Bonchev–Trinajstić information content (AvgIpc) is 3.02. The molecule has 1 aliphatic rings. The molecule has 0 bridgehead atoms. The average molecular weight is 200 g/mol. The number of aromatic nitrogens is 2. The number of aromatic amines is 1. The third-order valence-electron chi connectivity index (χ3n) is 2.59. The molecule has 0 spiro atoms. The molecule has 0 radical (unpaired) electrons. The molecular formula is C12H12N2O. The third-order valence-corrected chi connectivity index (χ3v) is 2.59. The maximum absolute atomic E-state index is 5.76. The summed E-state index contributed by atoms with van der Waals surface area (Å²) in [6.07, 6.45) is 4.24. The van der Waals surface area contributed by atoms with Gasteiger partial charge in [0.2, 0.25) is 0 Å². The van der Waals surface area contributed by atoms with Gasteiger partial charge in [0.1, 0.15) is 5.75 Å². The van der Waals surface area contributed by atoms with E-state index in [9.17, 15) is 0 Å². The van der Waals surface area contributed by atoms with E-state index in [2.05, 4.69) is 10.2 Å². The first-order valence-corrected chi connectivity index (χ1v) is 5.19. The lowest BCUT2D eigenvalue weighted by molar-refractivity contribution is 0.476. The molecule has 0 unspecified atom stereocenters. The van der Waals surface area contributed by atoms with Gasteiger partial charge in [0.25, 0.3) is 0 Å². The molecular weight excluding hydrogens is 188 g/mol. The fourth-order valence-corrected chi connectivity index (χ4v) is 1.65. The van der Waals surface area contributed by atoms with E-state index in [0.717, 1.165) is 17.2 Å². The van der Waals surface area contributed by atoms with E-state index in [1.165, 1.54) is 12.8 Å². The van der Waals surface area contributed by atoms with Crippen LogP contribution < -0.4 is 4.74 Å². The summed E-state index contributed by atoms with van der Waals surface area (Å²) in [5.74, 6) is 2.36. The van der Waals surface area contributed by atoms with Crippen LogP contribution in [-0.2, 0) is 0 Å². The van der Waals surface area contributed by atoms with Crippen LogP contribution in [0.1, 0.15) is 24.5 Å². The summed E-state index contributed by atoms with van der Waals surface area (Å²) < 4.78 is 5.76. The van der Waals surface area contributed by atoms with Gasteiger partial charge in [-0.15, -0.1) is 0 Å². The minimum atomic E-state index is 0.631. The Morgan fingerprint density at radius 3 is 2.73 bits per heavy atom. The van der Waals surface area contributed by atoms with E-state index < -0.39 is 0 Å². The summed E-state index contributed by atoms with van der Waals surface area (Å²) in [6.45, 7) is 0. The van der Waals surface area contributed by atoms with Crippen LogP contribution in [0, 0.1) is 0 Å². The largest absolute Gasteiger partial charge is 0.454 e. The van der Waals surface area contributed by atoms with Crippen molar-refractivity contribution < 1.29 is 4.74 Å². The van der Waals surface area contributed by atoms with Crippen molar-refractivity contribution in [1.82, 2.24) is 10.2 Å². The van der Waals surface area contributed by atoms with Gasteiger partial charge in [-0.25, -0.2) is 0 Å². The zero-order valence-corrected chi connectivity index (χ0v) is 8.31. The number of ether oxygens (including phenoxy) is 1. The quantitative estimate of drug-likeness (QED) is 0.826. The van der Waals surface area contributed by atoms with Gasteiger partial charge in [-0.3, -0.25) is 5.10 Å². The summed E-state index contributed by atoms with van der Waals surface area (Å²) in [4.78, 5) is 0. The van der Waals surface area contributed by atoms with Gasteiger partial charge in [-0.2, -0.15) is 5.10 Å². The molecule has 1 heterocycles. The standard InChI is InChI=1S/C12H12N2O/c1-2-4-10(5-3-1)15-11-8-13-14-12(11)9-6-7-9/h1-5,8-9H,6-7H2,(H,13,14). The van der Waals surface area contributed by atoms with Gasteiger partial charge in [-0.1, -0.05) is 18.2 Å². The predicted molar refractivity (Wildman–Crippen MR) is 57.1 cm³/mol. The lowest BCUT2D eigenvalue weighted by atomic mass is 10.3. The first-order chi connectivity index (χ1) is 7.43. The lowest BCUT2D eigenvalue weighted by Crippen LogP contribution is -1.87. The number of nitrogens with one attached hydrogen (secondary N) is 1. The molecule has 1 aromatic heterocycles. The summed E-state index contributed by atoms with van der Waals surface area (Å²) in [5, 5.41) is 7.04. The van der Waals surface area contributed by atoms with Crippen molar-refractivity contribution in [3.63, 3.8) is 0 Å². The topological polar surface area (TPSA) is 37.9 Å². The zero-order valence-electron chi connectivity index (χ0n) is 8.31. The number of nitrogens with zero attached hydrogens (tertiary/aromatic N) is 1. The Kier molecular flexibility index (Phi) is 1.95. The normalized spacial score (nSPS) is 15.2. The van der Waals surface area contributed by atoms with Gasteiger partial charge >= 0.3 is 0 Å². The van der Waals surface area contributed by atoms with E-state index in [4.69, 9.17) is 4.74 Å². The van der Waals surface area contributed by atoms with Crippen molar-refractivity contribution >= 4 is 0 Å². The van der Waals surface area contributed by atoms with Crippen LogP contribution in [0.3, 0.4) is 0 Å². The zero-order chi connectivity index (χ0) is 10.1. The van der Waals surface area contributed by atoms with E-state index in [1.54, 1.807) is 6.20 Å². The monoisotopic (exact) mass is 200 g/mol. The van der Waals surface area contributed by atoms with E-state index in [1.807, 2.05) is 30.3 Å². The second-order valence-corrected chi connectivity index (χ2v) is 3.84. The Balaban J connectivity index is 1.84. The molecule has 76 valence electrons. The summed E-state index contributed by atoms with van der Waals surface area (Å²) in [7, 11) is 0. The van der Waals surface area contributed by atoms with Crippen molar-refractivity contribution in [2.24, 2.45) is 0 Å². The van der Waals surface area contributed by atoms with Gasteiger partial charge in [0.15, 0.2) is 5.75 Å². The predicted octanol–water partition coefficient (Wildman–Crippen LogP) is 3.08. The molecule has 2 aromatic rings. The van der Waals surface area contributed by atoms with Crippen LogP contribution in [0.2, 0.25) is 0 Å². The summed E-state index contributed by atoms with van der Waals surface area (Å²) in [6, 6.07) is 9.80. The molecule has 1 N–H and O–H groups in total. The minimum absolute atomic E-state index is 0.631. The first kappa shape index (κ1) is 8.53. The fourth-order valence-electron chi connectivity index (χ4n) is 1.65. The van der Waals surface area contributed by atoms with Crippen LogP contribution in [0.4, 0.5) is 0 Å². The molecule has 1 aromatic carbocycles. The molecule has 3 heteroatoms. The number of hydrogen-bond donors (Lipinski definition) is 1. The highest BCUT2D eigenvalue weighted by molar-refractivity contribution is 5.35. The third kappa shape index (κ3) is 1.73. The highest BCUT2D eigenvalue weighted by atomic mass is 16.5. The first-order valence-electron chi connectivity index (χ1n) is 5.19. The second kappa shape index (κ2) is 3.42. The van der Waals surface area contributed by atoms with Crippen molar-refractivity contribution in [3.05, 3.63) is 42.2 Å². The Morgan fingerprint density at radius 2 is 2.00 bits per heavy atom. The number of benzene rings is 1. The van der Waals surface area contributed by atoms with Crippen LogP contribution in [0.5, 0.6) is 11.5 Å². The Hall–Kier alpha value is -1.77. The fraction of sp³-hybridized carbons (Fsp3) is 0.250. The van der Waals surface area contributed by atoms with Crippen molar-refractivity contribution in [1.29, 1.82) is 0 Å². The minimum Gasteiger partial charge on any atom is -0.454 e. The van der Waals surface area contributed by atoms with Crippen molar-refractivity contribution in [2.45, 2.75) is 18.8 Å². The Labute approximate surface area is 88.1 Å². The number of rotatable bonds is 3. The van der Waals surface area contributed by atoms with Gasteiger partial charge in [0.05, 0.1) is 11.9 Å². The number of H-pyrrole nitrogens is 1. The maximum atomic E-state index is 5.76. The van der Waals surface area contributed by atoms with Crippen LogP contribution >= 0.6 is 0 Å². The van der Waals surface area contributed by atoms with Crippen LogP contribution in [0.15, 0.2) is 36.5 Å². The lowest BCUT2D eigenvalue weighted by Gasteiger charge is -2.04. The molecule has 1 aliphatic carbocycles. The SMILES string of the molecule is c1ccc(Oc2cn[nH]c2C2CC2)cc1.